The van der Waals surface area contributed by atoms with Crippen LogP contribution < -0.4 is 10.1 Å². The van der Waals surface area contributed by atoms with Crippen LogP contribution in [0.15, 0.2) is 53.4 Å². The van der Waals surface area contributed by atoms with Crippen molar-refractivity contribution in [2.24, 2.45) is 5.92 Å². The number of para-hydroxylation sites is 1. The quantitative estimate of drug-likeness (QED) is 0.603. The molecular weight excluding hydrogens is 464 g/mol. The highest BCUT2D eigenvalue weighted by molar-refractivity contribution is 7.89. The highest BCUT2D eigenvalue weighted by Crippen LogP contribution is 2.32. The Balaban J connectivity index is 1.39. The van der Waals surface area contributed by atoms with E-state index in [1.54, 1.807) is 19.2 Å². The van der Waals surface area contributed by atoms with Gasteiger partial charge in [-0.1, -0.05) is 30.3 Å². The van der Waals surface area contributed by atoms with Gasteiger partial charge < -0.3 is 10.1 Å². The zero-order chi connectivity index (χ0) is 24.8. The van der Waals surface area contributed by atoms with Crippen LogP contribution in [0.1, 0.15) is 42.9 Å². The molecule has 0 aliphatic carbocycles. The van der Waals surface area contributed by atoms with Crippen molar-refractivity contribution < 1.29 is 17.9 Å². The lowest BCUT2D eigenvalue weighted by Crippen LogP contribution is -2.44. The van der Waals surface area contributed by atoms with E-state index in [9.17, 15) is 18.5 Å². The second-order valence-electron chi connectivity index (χ2n) is 9.03. The van der Waals surface area contributed by atoms with Gasteiger partial charge in [0.15, 0.2) is 0 Å². The summed E-state index contributed by atoms with van der Waals surface area (Å²) in [5, 5.41) is 12.4. The van der Waals surface area contributed by atoms with E-state index < -0.39 is 10.0 Å². The van der Waals surface area contributed by atoms with E-state index in [0.29, 0.717) is 19.4 Å². The molecule has 2 heterocycles. The molecule has 0 aromatic heterocycles. The SMILES string of the molecule is COc1ccccc1[C@H](CNC(=O)C1CCN(S(=O)(=O)c2ccccc2C#N)CC1)N1CCCC1. The number of hydrogen-bond donors (Lipinski definition) is 1. The predicted molar refractivity (Wildman–Crippen MR) is 132 cm³/mol. The molecule has 4 rings (SSSR count). The lowest BCUT2D eigenvalue weighted by molar-refractivity contribution is -0.126. The van der Waals surface area contributed by atoms with Gasteiger partial charge in [-0.05, 0) is 57.0 Å². The zero-order valence-electron chi connectivity index (χ0n) is 20.0. The van der Waals surface area contributed by atoms with Crippen molar-refractivity contribution in [2.45, 2.75) is 36.6 Å². The van der Waals surface area contributed by atoms with Crippen molar-refractivity contribution in [2.75, 3.05) is 39.8 Å². The normalized spacial score (nSPS) is 18.6. The molecule has 0 bridgehead atoms. The summed E-state index contributed by atoms with van der Waals surface area (Å²) in [6.07, 6.45) is 3.18. The summed E-state index contributed by atoms with van der Waals surface area (Å²) in [7, 11) is -2.11. The van der Waals surface area contributed by atoms with Gasteiger partial charge in [-0.3, -0.25) is 9.69 Å². The van der Waals surface area contributed by atoms with Gasteiger partial charge >= 0.3 is 0 Å². The molecule has 2 fully saturated rings. The molecule has 1 atom stereocenters. The molecule has 2 aliphatic heterocycles. The molecule has 8 nitrogen and oxygen atoms in total. The van der Waals surface area contributed by atoms with Gasteiger partial charge in [0.1, 0.15) is 11.8 Å². The number of likely N-dealkylation sites (tertiary alicyclic amines) is 1. The minimum Gasteiger partial charge on any atom is -0.496 e. The van der Waals surface area contributed by atoms with Crippen molar-refractivity contribution in [3.05, 3.63) is 59.7 Å². The zero-order valence-corrected chi connectivity index (χ0v) is 20.8. The molecule has 2 aliphatic rings. The summed E-state index contributed by atoms with van der Waals surface area (Å²) >= 11 is 0. The highest BCUT2D eigenvalue weighted by atomic mass is 32.2. The number of hydrogen-bond acceptors (Lipinski definition) is 6. The topological polar surface area (TPSA) is 103 Å². The molecule has 2 saturated heterocycles. The van der Waals surface area contributed by atoms with Crippen LogP contribution in [0.5, 0.6) is 5.75 Å². The molecular formula is C26H32N4O4S. The van der Waals surface area contributed by atoms with E-state index in [2.05, 4.69) is 16.3 Å². The fourth-order valence-corrected chi connectivity index (χ4v) is 6.67. The Labute approximate surface area is 207 Å². The second kappa shape index (κ2) is 11.2. The molecule has 35 heavy (non-hydrogen) atoms. The third-order valence-corrected chi connectivity index (χ3v) is 8.96. The number of sulfonamides is 1. The summed E-state index contributed by atoms with van der Waals surface area (Å²) in [5.41, 5.74) is 1.20. The molecule has 2 aromatic rings. The van der Waals surface area contributed by atoms with Crippen molar-refractivity contribution >= 4 is 15.9 Å². The predicted octanol–water partition coefficient (Wildman–Crippen LogP) is 2.92. The van der Waals surface area contributed by atoms with E-state index in [-0.39, 0.29) is 41.4 Å². The third-order valence-electron chi connectivity index (χ3n) is 7.00. The van der Waals surface area contributed by atoms with E-state index in [4.69, 9.17) is 4.74 Å². The lowest BCUT2D eigenvalue weighted by atomic mass is 9.96. The van der Waals surface area contributed by atoms with Crippen molar-refractivity contribution in [1.82, 2.24) is 14.5 Å². The van der Waals surface area contributed by atoms with E-state index >= 15 is 0 Å². The monoisotopic (exact) mass is 496 g/mol. The summed E-state index contributed by atoms with van der Waals surface area (Å²) in [6.45, 7) is 2.95. The average Bonchev–Trinajstić information content (AvgIpc) is 3.43. The number of nitrogens with zero attached hydrogens (tertiary/aromatic N) is 3. The van der Waals surface area contributed by atoms with Gasteiger partial charge in [0.2, 0.25) is 15.9 Å². The summed E-state index contributed by atoms with van der Waals surface area (Å²) in [5.74, 6) is 0.526. The number of nitrogens with one attached hydrogen (secondary N) is 1. The van der Waals surface area contributed by atoms with Gasteiger partial charge in [-0.15, -0.1) is 0 Å². The summed E-state index contributed by atoms with van der Waals surface area (Å²) in [4.78, 5) is 15.5. The minimum absolute atomic E-state index is 0.0238. The van der Waals surface area contributed by atoms with Crippen LogP contribution in [0.4, 0.5) is 0 Å². The summed E-state index contributed by atoms with van der Waals surface area (Å²) < 4.78 is 33.1. The number of piperidine rings is 1. The number of ether oxygens (including phenoxy) is 1. The second-order valence-corrected chi connectivity index (χ2v) is 10.9. The Bertz CT molecular complexity index is 1180. The number of methoxy groups -OCH3 is 1. The standard InChI is InChI=1S/C26H32N4O4S/c1-34-24-10-4-3-9-22(24)23(29-14-6-7-15-29)19-28-26(31)20-12-16-30(17-13-20)35(32,33)25-11-5-2-8-21(25)18-27/h2-5,8-11,20,23H,6-7,12-17,19H2,1H3,(H,28,31)/t23-/m0/s1. The van der Waals surface area contributed by atoms with Crippen LogP contribution in [-0.2, 0) is 14.8 Å². The molecule has 2 aromatic carbocycles. The van der Waals surface area contributed by atoms with E-state index in [0.717, 1.165) is 37.2 Å². The Morgan fingerprint density at radius 2 is 1.74 bits per heavy atom. The van der Waals surface area contributed by atoms with Crippen molar-refractivity contribution in [3.63, 3.8) is 0 Å². The van der Waals surface area contributed by atoms with Gasteiger partial charge in [-0.2, -0.15) is 9.57 Å². The van der Waals surface area contributed by atoms with Crippen LogP contribution in [0.2, 0.25) is 0 Å². The number of carbonyl (C=O) groups excluding carboxylic acids is 1. The van der Waals surface area contributed by atoms with Crippen LogP contribution in [0.25, 0.3) is 0 Å². The maximum absolute atomic E-state index is 13.1. The molecule has 0 saturated carbocycles. The average molecular weight is 497 g/mol. The Hall–Kier alpha value is -2.93. The smallest absolute Gasteiger partial charge is 0.244 e. The number of benzene rings is 2. The van der Waals surface area contributed by atoms with Gasteiger partial charge in [-0.25, -0.2) is 8.42 Å². The fraction of sp³-hybridized carbons (Fsp3) is 0.462. The Morgan fingerprint density at radius 1 is 1.09 bits per heavy atom. The first kappa shape index (κ1) is 25.2. The fourth-order valence-electron chi connectivity index (χ4n) is 5.05. The van der Waals surface area contributed by atoms with Crippen LogP contribution in [0.3, 0.4) is 0 Å². The van der Waals surface area contributed by atoms with E-state index in [1.165, 1.54) is 16.4 Å². The van der Waals surface area contributed by atoms with Crippen LogP contribution >= 0.6 is 0 Å². The third kappa shape index (κ3) is 5.50. The highest BCUT2D eigenvalue weighted by Gasteiger charge is 2.34. The first-order valence-electron chi connectivity index (χ1n) is 12.1. The molecule has 0 radical (unpaired) electrons. The Morgan fingerprint density at radius 3 is 2.43 bits per heavy atom. The Kier molecular flexibility index (Phi) is 8.06. The number of amides is 1. The van der Waals surface area contributed by atoms with Gasteiger partial charge in [0.05, 0.1) is 23.6 Å². The number of nitriles is 1. The first-order valence-corrected chi connectivity index (χ1v) is 13.5. The summed E-state index contributed by atoms with van der Waals surface area (Å²) in [6, 6.07) is 16.1. The van der Waals surface area contributed by atoms with Gasteiger partial charge in [0, 0.05) is 31.1 Å². The minimum atomic E-state index is -3.78. The molecule has 1 N–H and O–H groups in total. The first-order chi connectivity index (χ1) is 17.0. The maximum Gasteiger partial charge on any atom is 0.244 e. The lowest BCUT2D eigenvalue weighted by Gasteiger charge is -2.32. The maximum atomic E-state index is 13.1. The van der Waals surface area contributed by atoms with Crippen molar-refractivity contribution in [1.29, 1.82) is 5.26 Å². The largest absolute Gasteiger partial charge is 0.496 e. The molecule has 1 amide bonds. The molecule has 0 unspecified atom stereocenters. The van der Waals surface area contributed by atoms with Crippen LogP contribution in [-0.4, -0.2) is 63.4 Å². The van der Waals surface area contributed by atoms with E-state index in [1.807, 2.05) is 24.3 Å². The van der Waals surface area contributed by atoms with Crippen LogP contribution in [0, 0.1) is 17.2 Å². The van der Waals surface area contributed by atoms with Gasteiger partial charge in [0.25, 0.3) is 0 Å². The van der Waals surface area contributed by atoms with Crippen molar-refractivity contribution in [3.8, 4) is 11.8 Å². The molecule has 186 valence electrons. The molecule has 9 heteroatoms. The number of rotatable bonds is 8. The number of carbonyl (C=O) groups is 1. The molecule has 0 spiro atoms.